The van der Waals surface area contributed by atoms with Crippen molar-refractivity contribution >= 4 is 16.9 Å². The third-order valence-electron chi connectivity index (χ3n) is 4.79. The molecule has 1 aliphatic heterocycles. The smallest absolute Gasteiger partial charge is 0.348 e. The number of fused-ring (bicyclic) bond motifs is 3. The molecule has 0 bridgehead atoms. The lowest BCUT2D eigenvalue weighted by molar-refractivity contribution is -0.151. The van der Waals surface area contributed by atoms with Crippen molar-refractivity contribution in [3.8, 4) is 11.5 Å². The lowest BCUT2D eigenvalue weighted by Gasteiger charge is -2.18. The lowest BCUT2D eigenvalue weighted by Crippen LogP contribution is -2.32. The summed E-state index contributed by atoms with van der Waals surface area (Å²) in [5, 5.41) is 0.652. The van der Waals surface area contributed by atoms with Gasteiger partial charge >= 0.3 is 11.6 Å². The molecule has 150 valence electrons. The van der Waals surface area contributed by atoms with E-state index in [1.807, 2.05) is 44.2 Å². The number of ether oxygens (including phenoxy) is 3. The summed E-state index contributed by atoms with van der Waals surface area (Å²) >= 11 is 0. The topological polar surface area (TPSA) is 75.0 Å². The van der Waals surface area contributed by atoms with Gasteiger partial charge in [0.1, 0.15) is 17.1 Å². The van der Waals surface area contributed by atoms with Gasteiger partial charge in [0.25, 0.3) is 0 Å². The predicted octanol–water partition coefficient (Wildman–Crippen LogP) is 4.04. The molecule has 29 heavy (non-hydrogen) atoms. The van der Waals surface area contributed by atoms with E-state index in [0.29, 0.717) is 28.0 Å². The second-order valence-corrected chi connectivity index (χ2v) is 7.13. The van der Waals surface area contributed by atoms with Gasteiger partial charge in [-0.1, -0.05) is 24.3 Å². The van der Waals surface area contributed by atoms with E-state index in [-0.39, 0.29) is 12.7 Å². The van der Waals surface area contributed by atoms with E-state index in [9.17, 15) is 9.59 Å². The molecule has 6 nitrogen and oxygen atoms in total. The molecule has 0 saturated carbocycles. The van der Waals surface area contributed by atoms with Crippen LogP contribution in [0.3, 0.4) is 0 Å². The fourth-order valence-electron chi connectivity index (χ4n) is 3.65. The largest absolute Gasteiger partial charge is 0.491 e. The molecule has 2 atom stereocenters. The number of carbonyl (C=O) groups is 1. The van der Waals surface area contributed by atoms with Crippen LogP contribution in [0.1, 0.15) is 37.8 Å². The standard InChI is InChI=1S/C23H22O6/c1-4-26-23(25)21-18(14-9-11-15(12-10-14)27-13(2)3)19-20(29-21)16-7-5-6-8-17(16)28-22(19)24/h5-13,18,21H,4H2,1-3H3/t18-,21+/m0/s1. The molecule has 0 aliphatic carbocycles. The van der Waals surface area contributed by atoms with Gasteiger partial charge < -0.3 is 18.6 Å². The van der Waals surface area contributed by atoms with Gasteiger partial charge in [-0.15, -0.1) is 0 Å². The minimum absolute atomic E-state index is 0.0436. The highest BCUT2D eigenvalue weighted by atomic mass is 16.6. The Morgan fingerprint density at radius 2 is 1.83 bits per heavy atom. The summed E-state index contributed by atoms with van der Waals surface area (Å²) in [5.41, 5.74) is 0.984. The van der Waals surface area contributed by atoms with Crippen LogP contribution in [-0.4, -0.2) is 24.8 Å². The first-order valence-corrected chi connectivity index (χ1v) is 9.65. The van der Waals surface area contributed by atoms with Crippen LogP contribution < -0.4 is 15.1 Å². The van der Waals surface area contributed by atoms with Crippen molar-refractivity contribution < 1.29 is 23.4 Å². The SMILES string of the molecule is CCOC(=O)[C@@H]1Oc2c(c(=O)oc3ccccc23)[C@@H]1c1ccc(OC(C)C)cc1. The summed E-state index contributed by atoms with van der Waals surface area (Å²) in [4.78, 5) is 25.5. The molecule has 0 N–H and O–H groups in total. The molecular weight excluding hydrogens is 372 g/mol. The average molecular weight is 394 g/mol. The zero-order valence-electron chi connectivity index (χ0n) is 16.5. The van der Waals surface area contributed by atoms with Crippen molar-refractivity contribution in [2.45, 2.75) is 38.9 Å². The molecular formula is C23H22O6. The molecule has 0 saturated heterocycles. The fraction of sp³-hybridized carbons (Fsp3) is 0.304. The summed E-state index contributed by atoms with van der Waals surface area (Å²) in [6, 6.07) is 14.4. The van der Waals surface area contributed by atoms with Crippen molar-refractivity contribution in [2.24, 2.45) is 0 Å². The molecule has 2 heterocycles. The van der Waals surface area contributed by atoms with Crippen LogP contribution in [0, 0.1) is 0 Å². The number of hydrogen-bond acceptors (Lipinski definition) is 6. The highest BCUT2D eigenvalue weighted by Gasteiger charge is 2.45. The predicted molar refractivity (Wildman–Crippen MR) is 108 cm³/mol. The van der Waals surface area contributed by atoms with Crippen LogP contribution in [0.2, 0.25) is 0 Å². The van der Waals surface area contributed by atoms with Gasteiger partial charge in [-0.3, -0.25) is 0 Å². The van der Waals surface area contributed by atoms with Crippen molar-refractivity contribution in [1.82, 2.24) is 0 Å². The first kappa shape index (κ1) is 19.1. The Morgan fingerprint density at radius 3 is 2.52 bits per heavy atom. The summed E-state index contributed by atoms with van der Waals surface area (Å²) in [5.74, 6) is -0.0544. The van der Waals surface area contributed by atoms with E-state index in [0.717, 1.165) is 5.56 Å². The van der Waals surface area contributed by atoms with Crippen LogP contribution in [-0.2, 0) is 9.53 Å². The van der Waals surface area contributed by atoms with E-state index in [4.69, 9.17) is 18.6 Å². The van der Waals surface area contributed by atoms with Gasteiger partial charge in [0.2, 0.25) is 6.10 Å². The molecule has 0 spiro atoms. The van der Waals surface area contributed by atoms with Gasteiger partial charge in [0, 0.05) is 0 Å². The average Bonchev–Trinajstić information content (AvgIpc) is 3.10. The van der Waals surface area contributed by atoms with Crippen molar-refractivity contribution in [2.75, 3.05) is 6.61 Å². The Balaban J connectivity index is 1.85. The Morgan fingerprint density at radius 1 is 1.10 bits per heavy atom. The van der Waals surface area contributed by atoms with Gasteiger partial charge in [-0.05, 0) is 50.6 Å². The number of rotatable bonds is 5. The second-order valence-electron chi connectivity index (χ2n) is 7.13. The molecule has 3 aromatic rings. The molecule has 0 fully saturated rings. The van der Waals surface area contributed by atoms with Crippen LogP contribution in [0.5, 0.6) is 11.5 Å². The van der Waals surface area contributed by atoms with Crippen LogP contribution in [0.15, 0.2) is 57.7 Å². The normalized spacial score (nSPS) is 17.8. The molecule has 0 amide bonds. The second kappa shape index (κ2) is 7.62. The summed E-state index contributed by atoms with van der Waals surface area (Å²) in [7, 11) is 0. The number of esters is 1. The fourth-order valence-corrected chi connectivity index (χ4v) is 3.65. The molecule has 1 aliphatic rings. The van der Waals surface area contributed by atoms with E-state index in [1.165, 1.54) is 0 Å². The first-order chi connectivity index (χ1) is 14.0. The summed E-state index contributed by atoms with van der Waals surface area (Å²) < 4.78 is 22.4. The minimum Gasteiger partial charge on any atom is -0.491 e. The molecule has 4 rings (SSSR count). The third kappa shape index (κ3) is 3.46. The zero-order chi connectivity index (χ0) is 20.5. The van der Waals surface area contributed by atoms with E-state index < -0.39 is 23.6 Å². The van der Waals surface area contributed by atoms with Crippen molar-refractivity contribution in [3.63, 3.8) is 0 Å². The van der Waals surface area contributed by atoms with Gasteiger partial charge in [0.05, 0.1) is 29.6 Å². The van der Waals surface area contributed by atoms with Crippen LogP contribution in [0.4, 0.5) is 0 Å². The van der Waals surface area contributed by atoms with E-state index in [2.05, 4.69) is 0 Å². The quantitative estimate of drug-likeness (QED) is 0.480. The number of hydrogen-bond donors (Lipinski definition) is 0. The highest BCUT2D eigenvalue weighted by Crippen LogP contribution is 2.44. The summed E-state index contributed by atoms with van der Waals surface area (Å²) in [6.07, 6.45) is -0.919. The Labute approximate surface area is 168 Å². The maximum absolute atomic E-state index is 12.8. The maximum Gasteiger partial charge on any atom is 0.348 e. The van der Waals surface area contributed by atoms with Crippen molar-refractivity contribution in [1.29, 1.82) is 0 Å². The minimum atomic E-state index is -0.962. The molecule has 0 radical (unpaired) electrons. The first-order valence-electron chi connectivity index (χ1n) is 9.65. The van der Waals surface area contributed by atoms with Crippen LogP contribution in [0.25, 0.3) is 11.0 Å². The molecule has 0 unspecified atom stereocenters. The van der Waals surface area contributed by atoms with Gasteiger partial charge in [-0.25, -0.2) is 9.59 Å². The van der Waals surface area contributed by atoms with E-state index in [1.54, 1.807) is 25.1 Å². The monoisotopic (exact) mass is 394 g/mol. The molecule has 2 aromatic carbocycles. The molecule has 6 heteroatoms. The Bertz CT molecular complexity index is 1100. The zero-order valence-corrected chi connectivity index (χ0v) is 16.5. The van der Waals surface area contributed by atoms with Crippen LogP contribution >= 0.6 is 0 Å². The van der Waals surface area contributed by atoms with Gasteiger partial charge in [0.15, 0.2) is 0 Å². The maximum atomic E-state index is 12.8. The number of para-hydroxylation sites is 1. The van der Waals surface area contributed by atoms with E-state index >= 15 is 0 Å². The Kier molecular flexibility index (Phi) is 5.01. The number of benzene rings is 2. The lowest BCUT2D eigenvalue weighted by atomic mass is 9.88. The highest BCUT2D eigenvalue weighted by molar-refractivity contribution is 5.88. The number of carbonyl (C=O) groups excluding carboxylic acids is 1. The molecule has 1 aromatic heterocycles. The van der Waals surface area contributed by atoms with Gasteiger partial charge in [-0.2, -0.15) is 0 Å². The third-order valence-corrected chi connectivity index (χ3v) is 4.79. The Hall–Kier alpha value is -3.28. The van der Waals surface area contributed by atoms with Crippen molar-refractivity contribution in [3.05, 3.63) is 70.1 Å². The summed E-state index contributed by atoms with van der Waals surface area (Å²) in [6.45, 7) is 5.85.